The van der Waals surface area contributed by atoms with Gasteiger partial charge in [-0.05, 0) is 62.7 Å². The molecule has 0 radical (unpaired) electrons. The summed E-state index contributed by atoms with van der Waals surface area (Å²) in [6, 6.07) is 3.54. The lowest BCUT2D eigenvalue weighted by molar-refractivity contribution is 0.276. The van der Waals surface area contributed by atoms with Crippen molar-refractivity contribution in [3.63, 3.8) is 0 Å². The molecule has 0 aliphatic carbocycles. The van der Waals surface area contributed by atoms with Crippen LogP contribution >= 0.6 is 23.2 Å². The van der Waals surface area contributed by atoms with Crippen LogP contribution in [0.2, 0.25) is 10.0 Å². The number of nitrogens with one attached hydrogen (secondary N) is 5. The van der Waals surface area contributed by atoms with Crippen LogP contribution in [-0.4, -0.2) is 98.1 Å². The van der Waals surface area contributed by atoms with Crippen LogP contribution in [0.25, 0.3) is 44.8 Å². The van der Waals surface area contributed by atoms with Gasteiger partial charge in [-0.3, -0.25) is 0 Å². The van der Waals surface area contributed by atoms with Gasteiger partial charge in [0.1, 0.15) is 11.3 Å². The van der Waals surface area contributed by atoms with Crippen molar-refractivity contribution in [1.82, 2.24) is 49.5 Å². The summed E-state index contributed by atoms with van der Waals surface area (Å²) >= 11 is 12.1. The number of hydrogen-bond donors (Lipinski definition) is 5. The number of fused-ring (bicyclic) bond motifs is 2. The van der Waals surface area contributed by atoms with E-state index in [1.165, 1.54) is 23.0 Å². The topological polar surface area (TPSA) is 182 Å². The van der Waals surface area contributed by atoms with E-state index in [0.717, 1.165) is 61.3 Å². The first-order valence-corrected chi connectivity index (χ1v) is 20.1. The molecule has 19 heteroatoms. The Labute approximate surface area is 320 Å². The van der Waals surface area contributed by atoms with Crippen molar-refractivity contribution in [2.75, 3.05) is 56.2 Å². The van der Waals surface area contributed by atoms with Crippen molar-refractivity contribution < 1.29 is 17.2 Å². The lowest BCUT2D eigenvalue weighted by atomic mass is 10.00. The molecule has 2 atom stereocenters. The molecule has 6 aromatic rings. The standard InChI is InChI=1S/C18H20ClFN6O2S.C17H18ClFN6/c1-29(27,28)26-4-2-3-11(10-26)6-21-18-15(20)9-24-17(25-18)14-8-23-16-13(14)5-12(19)7-22-16;18-11-4-12-13(8-23-15(12)22-7-11)16-24-9-14(19)17(25-16)21-6-10-2-1-3-20-5-10/h5,7-9,11H,2-4,6,10H2,1H3,(H,22,23)(H,21,24,25);4,7-10,20H,1-3,5-6H2,(H,22,23)(H,21,24,25). The number of piperidine rings is 2. The van der Waals surface area contributed by atoms with Gasteiger partial charge in [-0.1, -0.05) is 23.2 Å². The zero-order valence-corrected chi connectivity index (χ0v) is 31.5. The molecule has 5 N–H and O–H groups in total. The molecule has 2 aliphatic rings. The molecule has 54 heavy (non-hydrogen) atoms. The molecule has 2 unspecified atom stereocenters. The van der Waals surface area contributed by atoms with Crippen LogP contribution in [0, 0.1) is 23.5 Å². The number of anilines is 2. The summed E-state index contributed by atoms with van der Waals surface area (Å²) in [5.41, 5.74) is 2.73. The molecule has 284 valence electrons. The molecular formula is C35H38Cl2F2N12O2S. The molecule has 14 nitrogen and oxygen atoms in total. The van der Waals surface area contributed by atoms with Crippen molar-refractivity contribution in [2.24, 2.45) is 11.8 Å². The summed E-state index contributed by atoms with van der Waals surface area (Å²) in [6.07, 6.45) is 14.0. The third-order valence-corrected chi connectivity index (χ3v) is 11.1. The van der Waals surface area contributed by atoms with Crippen LogP contribution in [0.1, 0.15) is 25.7 Å². The quantitative estimate of drug-likeness (QED) is 0.114. The maximum Gasteiger partial charge on any atom is 0.211 e. The largest absolute Gasteiger partial charge is 0.367 e. The second-order valence-electron chi connectivity index (χ2n) is 13.4. The van der Waals surface area contributed by atoms with Crippen LogP contribution in [0.3, 0.4) is 0 Å². The van der Waals surface area contributed by atoms with Gasteiger partial charge in [0.25, 0.3) is 0 Å². The maximum absolute atomic E-state index is 14.3. The average Bonchev–Trinajstić information content (AvgIpc) is 3.78. The van der Waals surface area contributed by atoms with Gasteiger partial charge in [-0.15, -0.1) is 0 Å². The van der Waals surface area contributed by atoms with Crippen molar-refractivity contribution in [3.8, 4) is 22.8 Å². The van der Waals surface area contributed by atoms with Gasteiger partial charge in [-0.2, -0.15) is 0 Å². The highest BCUT2D eigenvalue weighted by Gasteiger charge is 2.26. The Balaban J connectivity index is 0.000000168. The number of pyridine rings is 2. The summed E-state index contributed by atoms with van der Waals surface area (Å²) in [4.78, 5) is 31.4. The third kappa shape index (κ3) is 8.87. The first-order chi connectivity index (χ1) is 26.0. The Bertz CT molecular complexity index is 2370. The van der Waals surface area contributed by atoms with Crippen molar-refractivity contribution in [1.29, 1.82) is 0 Å². The SMILES string of the molecule is CS(=O)(=O)N1CCCC(CNc2nc(-c3c[nH]c4ncc(Cl)cc34)ncc2F)C1.Fc1cnc(-c2c[nH]c3ncc(Cl)cc23)nc1NCC1CCCNC1. The Morgan fingerprint density at radius 2 is 1.33 bits per heavy atom. The van der Waals surface area contributed by atoms with Crippen molar-refractivity contribution in [2.45, 2.75) is 25.7 Å². The van der Waals surface area contributed by atoms with Crippen LogP contribution < -0.4 is 16.0 Å². The molecule has 0 spiro atoms. The highest BCUT2D eigenvalue weighted by molar-refractivity contribution is 7.88. The minimum Gasteiger partial charge on any atom is -0.367 e. The zero-order valence-electron chi connectivity index (χ0n) is 29.2. The van der Waals surface area contributed by atoms with E-state index in [1.807, 2.05) is 0 Å². The number of H-pyrrole nitrogens is 2. The average molecular weight is 800 g/mol. The van der Waals surface area contributed by atoms with Crippen LogP contribution in [0.5, 0.6) is 0 Å². The normalized spacial score (nSPS) is 18.0. The lowest BCUT2D eigenvalue weighted by Gasteiger charge is -2.31. The fourth-order valence-electron chi connectivity index (χ4n) is 6.64. The number of aromatic amines is 2. The number of sulfonamides is 1. The maximum atomic E-state index is 14.3. The van der Waals surface area contributed by atoms with Crippen LogP contribution in [-0.2, 0) is 10.0 Å². The molecule has 0 bridgehead atoms. The van der Waals surface area contributed by atoms with E-state index in [9.17, 15) is 17.2 Å². The highest BCUT2D eigenvalue weighted by atomic mass is 35.5. The van der Waals surface area contributed by atoms with Gasteiger partial charge in [0.2, 0.25) is 10.0 Å². The van der Waals surface area contributed by atoms with Crippen molar-refractivity contribution in [3.05, 3.63) is 71.0 Å². The van der Waals surface area contributed by atoms with E-state index in [0.29, 0.717) is 70.6 Å². The van der Waals surface area contributed by atoms with Gasteiger partial charge in [-0.25, -0.2) is 51.4 Å². The fourth-order valence-corrected chi connectivity index (χ4v) is 7.90. The van der Waals surface area contributed by atoms with Gasteiger partial charge in [0, 0.05) is 72.9 Å². The number of rotatable bonds is 9. The van der Waals surface area contributed by atoms with E-state index in [-0.39, 0.29) is 17.6 Å². The van der Waals surface area contributed by atoms with Crippen LogP contribution in [0.15, 0.2) is 49.3 Å². The molecule has 2 fully saturated rings. The Kier molecular flexibility index (Phi) is 11.5. The summed E-state index contributed by atoms with van der Waals surface area (Å²) in [6.45, 7) is 4.04. The molecule has 2 aliphatic heterocycles. The molecule has 0 aromatic carbocycles. The van der Waals surface area contributed by atoms with E-state index in [2.05, 4.69) is 55.8 Å². The van der Waals surface area contributed by atoms with Gasteiger partial charge in [0.15, 0.2) is 34.9 Å². The third-order valence-electron chi connectivity index (χ3n) is 9.43. The molecule has 6 aromatic heterocycles. The predicted octanol–water partition coefficient (Wildman–Crippen LogP) is 6.12. The monoisotopic (exact) mass is 798 g/mol. The first kappa shape index (κ1) is 37.8. The molecule has 8 rings (SSSR count). The van der Waals surface area contributed by atoms with Gasteiger partial charge < -0.3 is 25.9 Å². The number of hydrogen-bond acceptors (Lipinski definition) is 11. The highest BCUT2D eigenvalue weighted by Crippen LogP contribution is 2.30. The van der Waals surface area contributed by atoms with Gasteiger partial charge in [0.05, 0.1) is 28.7 Å². The molecule has 8 heterocycles. The van der Waals surface area contributed by atoms with E-state index >= 15 is 0 Å². The molecule has 2 saturated heterocycles. The number of nitrogens with zero attached hydrogens (tertiary/aromatic N) is 7. The molecule has 0 saturated carbocycles. The molecule has 0 amide bonds. The second-order valence-corrected chi connectivity index (χ2v) is 16.2. The minimum absolute atomic E-state index is 0.0763. The zero-order chi connectivity index (χ0) is 37.8. The Hall–Kier alpha value is -4.55. The Morgan fingerprint density at radius 3 is 1.85 bits per heavy atom. The summed E-state index contributed by atoms with van der Waals surface area (Å²) in [7, 11) is -3.22. The summed E-state index contributed by atoms with van der Waals surface area (Å²) in [5, 5.41) is 12.1. The van der Waals surface area contributed by atoms with E-state index in [4.69, 9.17) is 23.2 Å². The number of halogens is 4. The number of aromatic nitrogens is 8. The van der Waals surface area contributed by atoms with E-state index in [1.54, 1.807) is 30.7 Å². The molecular weight excluding hydrogens is 761 g/mol. The summed E-state index contributed by atoms with van der Waals surface area (Å²) in [5.74, 6) is 0.599. The van der Waals surface area contributed by atoms with E-state index < -0.39 is 21.7 Å². The van der Waals surface area contributed by atoms with Crippen molar-refractivity contribution >= 4 is 66.9 Å². The Morgan fingerprint density at radius 1 is 0.796 bits per heavy atom. The minimum atomic E-state index is -3.22. The summed E-state index contributed by atoms with van der Waals surface area (Å²) < 4.78 is 53.4. The van der Waals surface area contributed by atoms with Crippen LogP contribution in [0.4, 0.5) is 20.4 Å². The fraction of sp³-hybridized carbons (Fsp3) is 0.371. The van der Waals surface area contributed by atoms with Gasteiger partial charge >= 0.3 is 0 Å². The first-order valence-electron chi connectivity index (χ1n) is 17.5. The smallest absolute Gasteiger partial charge is 0.211 e. The predicted molar refractivity (Wildman–Crippen MR) is 206 cm³/mol. The lowest BCUT2D eigenvalue weighted by Crippen LogP contribution is -2.41. The second kappa shape index (κ2) is 16.4.